The molecule has 6 heteroatoms. The van der Waals surface area contributed by atoms with Crippen molar-refractivity contribution in [2.24, 2.45) is 0 Å². The van der Waals surface area contributed by atoms with Crippen LogP contribution >= 0.6 is 11.8 Å². The minimum absolute atomic E-state index is 0.178. The first-order valence-corrected chi connectivity index (χ1v) is 4.03. The molecule has 1 atom stereocenters. The molecule has 64 valence electrons. The van der Waals surface area contributed by atoms with E-state index in [0.717, 1.165) is 0 Å². The van der Waals surface area contributed by atoms with Crippen LogP contribution in [0.5, 0.6) is 0 Å². The zero-order valence-electron chi connectivity index (χ0n) is 5.44. The highest BCUT2D eigenvalue weighted by Crippen LogP contribution is 2.30. The fourth-order valence-corrected chi connectivity index (χ4v) is 1.65. The lowest BCUT2D eigenvalue weighted by atomic mass is 10.4. The van der Waals surface area contributed by atoms with E-state index in [1.54, 1.807) is 0 Å². The number of amides is 1. The van der Waals surface area contributed by atoms with Crippen molar-refractivity contribution in [2.45, 2.75) is 18.0 Å². The van der Waals surface area contributed by atoms with Crippen LogP contribution in [0.4, 0.5) is 13.2 Å². The molecule has 0 saturated carbocycles. The number of hydrogen-bond acceptors (Lipinski definition) is 2. The first-order valence-electron chi connectivity index (χ1n) is 2.98. The van der Waals surface area contributed by atoms with Gasteiger partial charge < -0.3 is 5.32 Å². The highest BCUT2D eigenvalue weighted by Gasteiger charge is 2.42. The number of rotatable bonds is 0. The van der Waals surface area contributed by atoms with Crippen LogP contribution < -0.4 is 5.32 Å². The van der Waals surface area contributed by atoms with Gasteiger partial charge >= 0.3 is 6.18 Å². The monoisotopic (exact) mass is 185 g/mol. The molecule has 0 aromatic carbocycles. The number of carbonyl (C=O) groups is 1. The fraction of sp³-hybridized carbons (Fsp3) is 0.800. The Morgan fingerprint density at radius 3 is 2.55 bits per heavy atom. The van der Waals surface area contributed by atoms with E-state index in [1.165, 1.54) is 0 Å². The molecule has 1 amide bonds. The number of carbonyl (C=O) groups excluding carboxylic acids is 1. The van der Waals surface area contributed by atoms with E-state index in [9.17, 15) is 18.0 Å². The smallest absolute Gasteiger partial charge is 0.336 e. The zero-order valence-corrected chi connectivity index (χ0v) is 6.26. The normalized spacial score (nSPS) is 26.5. The second-order valence-corrected chi connectivity index (χ2v) is 3.32. The molecule has 0 bridgehead atoms. The van der Waals surface area contributed by atoms with E-state index in [1.807, 2.05) is 5.32 Å². The Hall–Kier alpha value is -0.390. The van der Waals surface area contributed by atoms with Gasteiger partial charge in [-0.15, -0.1) is 11.8 Å². The van der Waals surface area contributed by atoms with Crippen molar-refractivity contribution in [3.8, 4) is 0 Å². The topological polar surface area (TPSA) is 29.1 Å². The number of halogens is 3. The summed E-state index contributed by atoms with van der Waals surface area (Å²) in [6.07, 6.45) is -4.14. The van der Waals surface area contributed by atoms with Crippen LogP contribution in [0.3, 0.4) is 0 Å². The number of nitrogens with one attached hydrogen (secondary N) is 1. The lowest BCUT2D eigenvalue weighted by Gasteiger charge is -2.24. The van der Waals surface area contributed by atoms with Gasteiger partial charge in [0.05, 0.1) is 0 Å². The van der Waals surface area contributed by atoms with Gasteiger partial charge in [0.15, 0.2) is 5.37 Å². The molecule has 0 aromatic heterocycles. The Morgan fingerprint density at radius 2 is 2.18 bits per heavy atom. The van der Waals surface area contributed by atoms with E-state index in [-0.39, 0.29) is 12.2 Å². The third-order valence-corrected chi connectivity index (χ3v) is 2.36. The predicted octanol–water partition coefficient (Wildman–Crippen LogP) is 1.13. The van der Waals surface area contributed by atoms with E-state index in [0.29, 0.717) is 11.8 Å². The van der Waals surface area contributed by atoms with E-state index in [4.69, 9.17) is 0 Å². The fourth-order valence-electron chi connectivity index (χ4n) is 0.706. The maximum atomic E-state index is 11.9. The summed E-state index contributed by atoms with van der Waals surface area (Å²) in [5, 5.41) is 0.150. The Balaban J connectivity index is 2.53. The molecule has 0 spiro atoms. The quantitative estimate of drug-likeness (QED) is 0.613. The number of hydrogen-bond donors (Lipinski definition) is 1. The van der Waals surface area contributed by atoms with Gasteiger partial charge in [0.1, 0.15) is 0 Å². The van der Waals surface area contributed by atoms with Crippen molar-refractivity contribution in [1.82, 2.24) is 5.32 Å². The third-order valence-electron chi connectivity index (χ3n) is 1.20. The average molecular weight is 185 g/mol. The number of alkyl halides is 3. The Bertz CT molecular complexity index is 170. The van der Waals surface area contributed by atoms with Gasteiger partial charge in [-0.25, -0.2) is 0 Å². The Morgan fingerprint density at radius 1 is 1.55 bits per heavy atom. The van der Waals surface area contributed by atoms with Crippen molar-refractivity contribution >= 4 is 17.7 Å². The largest absolute Gasteiger partial charge is 0.418 e. The van der Waals surface area contributed by atoms with Gasteiger partial charge in [0.25, 0.3) is 0 Å². The molecular weight excluding hydrogens is 179 g/mol. The minimum atomic E-state index is -4.32. The number of thioether (sulfide) groups is 1. The summed E-state index contributed by atoms with van der Waals surface area (Å²) >= 11 is 0.717. The minimum Gasteiger partial charge on any atom is -0.336 e. The van der Waals surface area contributed by atoms with E-state index >= 15 is 0 Å². The van der Waals surface area contributed by atoms with Crippen LogP contribution in [0, 0.1) is 0 Å². The standard InChI is InChI=1S/C5H6F3NOS/c6-5(7,8)4-9-3(10)1-2-11-4/h4H,1-2H2,(H,9,10). The summed E-state index contributed by atoms with van der Waals surface area (Å²) in [7, 11) is 0. The third kappa shape index (κ3) is 2.28. The van der Waals surface area contributed by atoms with Crippen molar-refractivity contribution in [3.05, 3.63) is 0 Å². The van der Waals surface area contributed by atoms with Gasteiger partial charge in [-0.05, 0) is 0 Å². The molecule has 0 aliphatic carbocycles. The molecule has 1 rings (SSSR count). The molecule has 2 nitrogen and oxygen atoms in total. The second kappa shape index (κ2) is 2.92. The summed E-state index contributed by atoms with van der Waals surface area (Å²) in [5.41, 5.74) is 0. The molecule has 1 N–H and O–H groups in total. The second-order valence-electron chi connectivity index (χ2n) is 2.11. The van der Waals surface area contributed by atoms with E-state index < -0.39 is 17.5 Å². The zero-order chi connectivity index (χ0) is 8.48. The SMILES string of the molecule is O=C1CCSC(C(F)(F)F)N1. The molecule has 0 radical (unpaired) electrons. The van der Waals surface area contributed by atoms with Crippen LogP contribution in [0.15, 0.2) is 0 Å². The van der Waals surface area contributed by atoms with Gasteiger partial charge in [0, 0.05) is 12.2 Å². The van der Waals surface area contributed by atoms with Crippen LogP contribution in [-0.4, -0.2) is 23.2 Å². The van der Waals surface area contributed by atoms with Crippen molar-refractivity contribution in [2.75, 3.05) is 5.75 Å². The lowest BCUT2D eigenvalue weighted by Crippen LogP contribution is -2.46. The molecule has 1 heterocycles. The van der Waals surface area contributed by atoms with Crippen molar-refractivity contribution < 1.29 is 18.0 Å². The molecule has 1 aliphatic rings. The highest BCUT2D eigenvalue weighted by atomic mass is 32.2. The molecular formula is C5H6F3NOS. The van der Waals surface area contributed by atoms with E-state index in [2.05, 4.69) is 0 Å². The molecule has 1 unspecified atom stereocenters. The van der Waals surface area contributed by atoms with Crippen molar-refractivity contribution in [1.29, 1.82) is 0 Å². The molecule has 1 fully saturated rings. The van der Waals surface area contributed by atoms with Crippen LogP contribution in [-0.2, 0) is 4.79 Å². The Labute approximate surface area is 65.5 Å². The Kier molecular flexibility index (Phi) is 2.31. The van der Waals surface area contributed by atoms with Crippen LogP contribution in [0.2, 0.25) is 0 Å². The maximum absolute atomic E-state index is 11.9. The van der Waals surface area contributed by atoms with Gasteiger partial charge in [-0.2, -0.15) is 13.2 Å². The summed E-state index contributed by atoms with van der Waals surface area (Å²) < 4.78 is 35.6. The lowest BCUT2D eigenvalue weighted by molar-refractivity contribution is -0.145. The van der Waals surface area contributed by atoms with Crippen LogP contribution in [0.1, 0.15) is 6.42 Å². The molecule has 0 aromatic rings. The first-order chi connectivity index (χ1) is 5.00. The average Bonchev–Trinajstić information content (AvgIpc) is 1.86. The van der Waals surface area contributed by atoms with Gasteiger partial charge in [0.2, 0.25) is 5.91 Å². The highest BCUT2D eigenvalue weighted by molar-refractivity contribution is 8.00. The summed E-state index contributed by atoms with van der Waals surface area (Å²) in [5.74, 6) is -0.276. The molecule has 11 heavy (non-hydrogen) atoms. The molecule has 1 aliphatic heterocycles. The maximum Gasteiger partial charge on any atom is 0.418 e. The van der Waals surface area contributed by atoms with Crippen LogP contribution in [0.25, 0.3) is 0 Å². The van der Waals surface area contributed by atoms with Gasteiger partial charge in [-0.3, -0.25) is 4.79 Å². The summed E-state index contributed by atoms with van der Waals surface area (Å²) in [4.78, 5) is 10.5. The van der Waals surface area contributed by atoms with Crippen molar-refractivity contribution in [3.63, 3.8) is 0 Å². The predicted molar refractivity (Wildman–Crippen MR) is 35.1 cm³/mol. The summed E-state index contributed by atoms with van der Waals surface area (Å²) in [6, 6.07) is 0. The van der Waals surface area contributed by atoms with Gasteiger partial charge in [-0.1, -0.05) is 0 Å². The first kappa shape index (κ1) is 8.70. The summed E-state index contributed by atoms with van der Waals surface area (Å²) in [6.45, 7) is 0. The molecule has 1 saturated heterocycles.